The zero-order chi connectivity index (χ0) is 11.3. The molecule has 1 heterocycles. The lowest BCUT2D eigenvalue weighted by atomic mass is 9.96. The number of aliphatic hydroxyl groups is 1. The molecule has 0 amide bonds. The van der Waals surface area contributed by atoms with Crippen LogP contribution in [-0.4, -0.2) is 60.9 Å². The number of rotatable bonds is 6. The molecule has 15 heavy (non-hydrogen) atoms. The number of likely N-dealkylation sites (N-methyl/N-ethyl adjacent to an activating group) is 1. The number of aliphatic hydroxyl groups excluding tert-OH is 1. The highest BCUT2D eigenvalue weighted by Crippen LogP contribution is 2.11. The first kappa shape index (κ1) is 12.2. The fraction of sp³-hybridized carbons (Fsp3) is 0.750. The molecule has 0 saturated carbocycles. The average Bonchev–Trinajstić information content (AvgIpc) is 2.63. The topological polar surface area (TPSA) is 72.2 Å². The molecule has 0 bridgehead atoms. The molecular formula is C8H17BN4O2. The molecule has 0 saturated heterocycles. The van der Waals surface area contributed by atoms with Crippen LogP contribution < -0.4 is 5.32 Å². The van der Waals surface area contributed by atoms with Crippen LogP contribution in [0.1, 0.15) is 5.69 Å². The minimum absolute atomic E-state index is 0.00604. The van der Waals surface area contributed by atoms with Crippen LogP contribution in [-0.2, 0) is 11.2 Å². The summed E-state index contributed by atoms with van der Waals surface area (Å²) in [5.74, 6) is 0. The summed E-state index contributed by atoms with van der Waals surface area (Å²) in [6, 6.07) is 0. The zero-order valence-corrected chi connectivity index (χ0v) is 9.40. The normalized spacial score (nSPS) is 15.1. The monoisotopic (exact) mass is 212 g/mol. The predicted molar refractivity (Wildman–Crippen MR) is 58.4 cm³/mol. The van der Waals surface area contributed by atoms with Crippen molar-refractivity contribution in [3.8, 4) is 0 Å². The molecule has 0 fully saturated rings. The molecule has 0 aliphatic rings. The Morgan fingerprint density at radius 3 is 2.87 bits per heavy atom. The van der Waals surface area contributed by atoms with Gasteiger partial charge in [-0.1, -0.05) is 5.21 Å². The molecule has 0 aliphatic carbocycles. The molecule has 0 aromatic carbocycles. The Labute approximate surface area is 90.0 Å². The van der Waals surface area contributed by atoms with Crippen molar-refractivity contribution in [1.82, 2.24) is 20.2 Å². The first-order valence-electron chi connectivity index (χ1n) is 4.80. The number of hydrogen-bond donors (Lipinski definition) is 2. The molecule has 7 heteroatoms. The van der Waals surface area contributed by atoms with E-state index in [4.69, 9.17) is 4.74 Å². The Bertz CT molecular complexity index is 301. The Morgan fingerprint density at radius 2 is 2.47 bits per heavy atom. The van der Waals surface area contributed by atoms with E-state index in [2.05, 4.69) is 15.6 Å². The molecule has 1 rings (SSSR count). The van der Waals surface area contributed by atoms with Gasteiger partial charge in [0, 0.05) is 19.7 Å². The van der Waals surface area contributed by atoms with E-state index >= 15 is 0 Å². The summed E-state index contributed by atoms with van der Waals surface area (Å²) < 4.78 is 6.73. The van der Waals surface area contributed by atoms with Gasteiger partial charge in [-0.05, 0) is 7.05 Å². The highest BCUT2D eigenvalue weighted by molar-refractivity contribution is 6.05. The minimum atomic E-state index is -0.481. The van der Waals surface area contributed by atoms with Gasteiger partial charge in [0.2, 0.25) is 0 Å². The number of aromatic nitrogens is 3. The summed E-state index contributed by atoms with van der Waals surface area (Å²) in [7, 11) is 5.22. The summed E-state index contributed by atoms with van der Waals surface area (Å²) in [5.41, 5.74) is 0.350. The summed E-state index contributed by atoms with van der Waals surface area (Å²) >= 11 is 0. The fourth-order valence-electron chi connectivity index (χ4n) is 1.49. The minimum Gasteiger partial charge on any atom is -0.394 e. The third kappa shape index (κ3) is 3.02. The highest BCUT2D eigenvalue weighted by Gasteiger charge is 2.28. The van der Waals surface area contributed by atoms with Gasteiger partial charge in [-0.15, -0.1) is 5.10 Å². The van der Waals surface area contributed by atoms with E-state index in [0.29, 0.717) is 13.0 Å². The quantitative estimate of drug-likeness (QED) is 0.524. The molecule has 6 nitrogen and oxygen atoms in total. The predicted octanol–water partition coefficient (Wildman–Crippen LogP) is -2.19. The number of methoxy groups -OCH3 is 1. The van der Waals surface area contributed by atoms with E-state index in [-0.39, 0.29) is 6.61 Å². The standard InChI is InChI=1S/C8H17BN4O2/c1-10-8(5-14,6-15-2)3-7-4-13(9)12-11-7/h4,10,14H,3,5-6,9H2,1-2H3. The molecule has 2 N–H and O–H groups in total. The maximum atomic E-state index is 9.38. The smallest absolute Gasteiger partial charge is 0.251 e. The lowest BCUT2D eigenvalue weighted by Gasteiger charge is -2.29. The summed E-state index contributed by atoms with van der Waals surface area (Å²) in [5, 5.41) is 20.3. The molecule has 1 unspecified atom stereocenters. The van der Waals surface area contributed by atoms with Gasteiger partial charge < -0.3 is 19.8 Å². The van der Waals surface area contributed by atoms with E-state index in [1.165, 1.54) is 0 Å². The Hall–Kier alpha value is -0.915. The van der Waals surface area contributed by atoms with Gasteiger partial charge in [0.15, 0.2) is 0 Å². The van der Waals surface area contributed by atoms with E-state index in [0.717, 1.165) is 5.69 Å². The van der Waals surface area contributed by atoms with Crippen LogP contribution in [0.15, 0.2) is 6.20 Å². The van der Waals surface area contributed by atoms with Crippen LogP contribution in [0.25, 0.3) is 0 Å². The number of nitrogens with zero attached hydrogens (tertiary/aromatic N) is 3. The van der Waals surface area contributed by atoms with Crippen LogP contribution in [0.5, 0.6) is 0 Å². The fourth-order valence-corrected chi connectivity index (χ4v) is 1.49. The summed E-state index contributed by atoms with van der Waals surface area (Å²) in [4.78, 5) is 0. The van der Waals surface area contributed by atoms with Crippen molar-refractivity contribution in [3.05, 3.63) is 11.9 Å². The molecule has 0 radical (unpaired) electrons. The molecule has 84 valence electrons. The number of ether oxygens (including phenoxy) is 1. The molecule has 1 aromatic rings. The summed E-state index contributed by atoms with van der Waals surface area (Å²) in [6.07, 6.45) is 2.42. The second kappa shape index (κ2) is 5.25. The first-order chi connectivity index (χ1) is 7.15. The van der Waals surface area contributed by atoms with Gasteiger partial charge in [-0.3, -0.25) is 0 Å². The third-order valence-corrected chi connectivity index (χ3v) is 2.42. The van der Waals surface area contributed by atoms with Crippen molar-refractivity contribution in [3.63, 3.8) is 0 Å². The molecule has 0 aliphatic heterocycles. The van der Waals surface area contributed by atoms with Crippen LogP contribution in [0.4, 0.5) is 0 Å². The maximum absolute atomic E-state index is 9.38. The van der Waals surface area contributed by atoms with Crippen LogP contribution >= 0.6 is 0 Å². The largest absolute Gasteiger partial charge is 0.394 e. The first-order valence-corrected chi connectivity index (χ1v) is 4.80. The molecule has 1 aromatic heterocycles. The molecule has 1 atom stereocenters. The van der Waals surface area contributed by atoms with Gasteiger partial charge in [-0.2, -0.15) is 0 Å². The van der Waals surface area contributed by atoms with Gasteiger partial charge >= 0.3 is 0 Å². The van der Waals surface area contributed by atoms with Crippen molar-refractivity contribution in [2.75, 3.05) is 27.4 Å². The Balaban J connectivity index is 2.73. The zero-order valence-electron chi connectivity index (χ0n) is 9.40. The Morgan fingerprint density at radius 1 is 1.73 bits per heavy atom. The molecular weight excluding hydrogens is 195 g/mol. The second-order valence-electron chi connectivity index (χ2n) is 3.68. The van der Waals surface area contributed by atoms with Crippen LogP contribution in [0.3, 0.4) is 0 Å². The van der Waals surface area contributed by atoms with Crippen molar-refractivity contribution in [1.29, 1.82) is 0 Å². The SMILES string of the molecule is Bn1cc(CC(CO)(COC)NC)nn1. The van der Waals surface area contributed by atoms with Crippen LogP contribution in [0, 0.1) is 0 Å². The van der Waals surface area contributed by atoms with Crippen molar-refractivity contribution < 1.29 is 9.84 Å². The number of nitrogens with one attached hydrogen (secondary N) is 1. The van der Waals surface area contributed by atoms with Crippen molar-refractivity contribution >= 4 is 7.98 Å². The lowest BCUT2D eigenvalue weighted by molar-refractivity contribution is 0.0666. The summed E-state index contributed by atoms with van der Waals surface area (Å²) in [6.45, 7) is 0.421. The van der Waals surface area contributed by atoms with E-state index in [1.54, 1.807) is 18.8 Å². The van der Waals surface area contributed by atoms with Crippen LogP contribution in [0.2, 0.25) is 0 Å². The van der Waals surface area contributed by atoms with Gasteiger partial charge in [0.25, 0.3) is 7.98 Å². The number of hydrogen-bond acceptors (Lipinski definition) is 5. The van der Waals surface area contributed by atoms with E-state index in [9.17, 15) is 5.11 Å². The van der Waals surface area contributed by atoms with Gasteiger partial charge in [-0.25, -0.2) is 0 Å². The second-order valence-corrected chi connectivity index (χ2v) is 3.68. The lowest BCUT2D eigenvalue weighted by Crippen LogP contribution is -2.52. The van der Waals surface area contributed by atoms with Gasteiger partial charge in [0.05, 0.1) is 24.4 Å². The van der Waals surface area contributed by atoms with Crippen molar-refractivity contribution in [2.45, 2.75) is 12.0 Å². The third-order valence-electron chi connectivity index (χ3n) is 2.42. The Kier molecular flexibility index (Phi) is 4.25. The average molecular weight is 212 g/mol. The maximum Gasteiger partial charge on any atom is 0.251 e. The molecule has 0 spiro atoms. The highest BCUT2D eigenvalue weighted by atomic mass is 16.5. The van der Waals surface area contributed by atoms with Crippen molar-refractivity contribution in [2.24, 2.45) is 0 Å². The van der Waals surface area contributed by atoms with Gasteiger partial charge in [0.1, 0.15) is 0 Å². The van der Waals surface area contributed by atoms with E-state index < -0.39 is 5.54 Å². The van der Waals surface area contributed by atoms with E-state index in [1.807, 2.05) is 14.2 Å².